The summed E-state index contributed by atoms with van der Waals surface area (Å²) in [5.74, 6) is -0.842. The molecule has 0 bridgehead atoms. The second-order valence-corrected chi connectivity index (χ2v) is 4.51. The van der Waals surface area contributed by atoms with Crippen molar-refractivity contribution >= 4 is 21.8 Å². The van der Waals surface area contributed by atoms with Crippen molar-refractivity contribution in [1.29, 1.82) is 5.26 Å². The summed E-state index contributed by atoms with van der Waals surface area (Å²) in [6.07, 6.45) is 0.911. The number of nitriles is 1. The van der Waals surface area contributed by atoms with Gasteiger partial charge >= 0.3 is 0 Å². The molecule has 1 aromatic rings. The smallest absolute Gasteiger partial charge is 0.251 e. The van der Waals surface area contributed by atoms with Gasteiger partial charge in [0.15, 0.2) is 0 Å². The van der Waals surface area contributed by atoms with Crippen molar-refractivity contribution in [2.75, 3.05) is 0 Å². The van der Waals surface area contributed by atoms with E-state index in [4.69, 9.17) is 5.26 Å². The Morgan fingerprint density at radius 3 is 2.82 bits per heavy atom. The highest BCUT2D eigenvalue weighted by Crippen LogP contribution is 2.15. The maximum Gasteiger partial charge on any atom is 0.251 e. The first-order valence-electron chi connectivity index (χ1n) is 5.20. The van der Waals surface area contributed by atoms with Crippen molar-refractivity contribution in [3.05, 3.63) is 34.1 Å². The average molecular weight is 299 g/mol. The molecule has 1 rings (SSSR count). The minimum Gasteiger partial charge on any atom is -0.348 e. The van der Waals surface area contributed by atoms with Crippen LogP contribution in [-0.2, 0) is 0 Å². The Bertz CT molecular complexity index is 436. The molecule has 90 valence electrons. The number of benzene rings is 1. The van der Waals surface area contributed by atoms with Crippen LogP contribution in [0.25, 0.3) is 0 Å². The number of carbonyl (C=O) groups is 1. The fourth-order valence-electron chi connectivity index (χ4n) is 1.36. The Labute approximate surface area is 108 Å². The van der Waals surface area contributed by atoms with Gasteiger partial charge in [0.1, 0.15) is 5.82 Å². The quantitative estimate of drug-likeness (QED) is 0.929. The monoisotopic (exact) mass is 298 g/mol. The molecule has 17 heavy (non-hydrogen) atoms. The third kappa shape index (κ3) is 4.16. The highest BCUT2D eigenvalue weighted by atomic mass is 79.9. The highest BCUT2D eigenvalue weighted by molar-refractivity contribution is 9.10. The van der Waals surface area contributed by atoms with Crippen LogP contribution in [0.2, 0.25) is 0 Å². The molecule has 1 amide bonds. The van der Waals surface area contributed by atoms with Crippen LogP contribution in [0, 0.1) is 17.1 Å². The molecule has 0 aliphatic carbocycles. The van der Waals surface area contributed by atoms with Gasteiger partial charge < -0.3 is 5.32 Å². The number of nitrogens with one attached hydrogen (secondary N) is 1. The van der Waals surface area contributed by atoms with Crippen molar-refractivity contribution in [1.82, 2.24) is 5.32 Å². The van der Waals surface area contributed by atoms with E-state index in [2.05, 4.69) is 21.2 Å². The number of hydrogen-bond acceptors (Lipinski definition) is 2. The molecule has 1 atom stereocenters. The molecule has 0 saturated heterocycles. The van der Waals surface area contributed by atoms with Crippen molar-refractivity contribution in [3.63, 3.8) is 0 Å². The summed E-state index contributed by atoms with van der Waals surface area (Å²) in [6, 6.07) is 5.79. The summed E-state index contributed by atoms with van der Waals surface area (Å²) in [5.41, 5.74) is 0.244. The zero-order valence-electron chi connectivity index (χ0n) is 9.34. The van der Waals surface area contributed by atoms with Gasteiger partial charge in [0, 0.05) is 16.1 Å². The minimum atomic E-state index is -0.474. The molecular formula is C12H12BrFN2O. The van der Waals surface area contributed by atoms with E-state index in [1.165, 1.54) is 18.2 Å². The van der Waals surface area contributed by atoms with Crippen LogP contribution in [0.3, 0.4) is 0 Å². The van der Waals surface area contributed by atoms with E-state index in [0.29, 0.717) is 10.9 Å². The van der Waals surface area contributed by atoms with E-state index in [0.717, 1.165) is 0 Å². The molecule has 0 aliphatic heterocycles. The largest absolute Gasteiger partial charge is 0.348 e. The second-order valence-electron chi connectivity index (χ2n) is 3.60. The molecule has 5 heteroatoms. The van der Waals surface area contributed by atoms with E-state index in [9.17, 15) is 9.18 Å². The molecule has 0 spiro atoms. The van der Waals surface area contributed by atoms with Gasteiger partial charge in [0.05, 0.1) is 12.5 Å². The van der Waals surface area contributed by atoms with Gasteiger partial charge in [-0.1, -0.05) is 22.9 Å². The molecular weight excluding hydrogens is 287 g/mol. The lowest BCUT2D eigenvalue weighted by Crippen LogP contribution is -2.34. The summed E-state index contributed by atoms with van der Waals surface area (Å²) in [7, 11) is 0. The van der Waals surface area contributed by atoms with Gasteiger partial charge in [-0.3, -0.25) is 4.79 Å². The van der Waals surface area contributed by atoms with Crippen LogP contribution >= 0.6 is 15.9 Å². The number of halogens is 2. The molecule has 3 nitrogen and oxygen atoms in total. The Balaban J connectivity index is 2.79. The van der Waals surface area contributed by atoms with Gasteiger partial charge in [0.25, 0.3) is 5.91 Å². The van der Waals surface area contributed by atoms with Crippen molar-refractivity contribution in [2.45, 2.75) is 25.8 Å². The van der Waals surface area contributed by atoms with E-state index in [1.54, 1.807) is 0 Å². The highest BCUT2D eigenvalue weighted by Gasteiger charge is 2.13. The predicted molar refractivity (Wildman–Crippen MR) is 65.9 cm³/mol. The maximum atomic E-state index is 13.1. The SMILES string of the molecule is CCC(CC#N)NC(=O)c1cc(F)cc(Br)c1. The van der Waals surface area contributed by atoms with Gasteiger partial charge in [-0.05, 0) is 24.6 Å². The van der Waals surface area contributed by atoms with Crippen LogP contribution < -0.4 is 5.32 Å². The van der Waals surface area contributed by atoms with E-state index in [-0.39, 0.29) is 23.9 Å². The minimum absolute atomic E-state index is 0.199. The molecule has 0 heterocycles. The fourth-order valence-corrected chi connectivity index (χ4v) is 1.83. The molecule has 1 N–H and O–H groups in total. The Morgan fingerprint density at radius 1 is 1.59 bits per heavy atom. The van der Waals surface area contributed by atoms with Crippen LogP contribution in [0.4, 0.5) is 4.39 Å². The number of rotatable bonds is 4. The normalized spacial score (nSPS) is 11.6. The van der Waals surface area contributed by atoms with Crippen LogP contribution in [0.1, 0.15) is 30.1 Å². The second kappa shape index (κ2) is 6.36. The fraction of sp³-hybridized carbons (Fsp3) is 0.333. The van der Waals surface area contributed by atoms with E-state index < -0.39 is 5.82 Å². The average Bonchev–Trinajstić information content (AvgIpc) is 2.27. The van der Waals surface area contributed by atoms with Gasteiger partial charge in [-0.2, -0.15) is 5.26 Å². The van der Waals surface area contributed by atoms with Crippen molar-refractivity contribution in [3.8, 4) is 6.07 Å². The number of amides is 1. The van der Waals surface area contributed by atoms with Crippen molar-refractivity contribution in [2.24, 2.45) is 0 Å². The Hall–Kier alpha value is -1.41. The maximum absolute atomic E-state index is 13.1. The zero-order chi connectivity index (χ0) is 12.8. The summed E-state index contributed by atoms with van der Waals surface area (Å²) >= 11 is 3.12. The van der Waals surface area contributed by atoms with E-state index in [1.807, 2.05) is 13.0 Å². The summed E-state index contributed by atoms with van der Waals surface area (Å²) in [6.45, 7) is 1.88. The van der Waals surface area contributed by atoms with Crippen molar-refractivity contribution < 1.29 is 9.18 Å². The van der Waals surface area contributed by atoms with E-state index >= 15 is 0 Å². The number of hydrogen-bond donors (Lipinski definition) is 1. The van der Waals surface area contributed by atoms with Gasteiger partial charge in [0.2, 0.25) is 0 Å². The molecule has 1 unspecified atom stereocenters. The molecule has 0 fully saturated rings. The third-order valence-electron chi connectivity index (χ3n) is 2.29. The van der Waals surface area contributed by atoms with Crippen LogP contribution in [0.5, 0.6) is 0 Å². The molecule has 0 saturated carbocycles. The molecule has 0 aromatic heterocycles. The lowest BCUT2D eigenvalue weighted by molar-refractivity contribution is 0.0936. The van der Waals surface area contributed by atoms with Gasteiger partial charge in [-0.15, -0.1) is 0 Å². The molecule has 1 aromatic carbocycles. The summed E-state index contributed by atoms with van der Waals surface area (Å²) in [4.78, 5) is 11.8. The first-order valence-corrected chi connectivity index (χ1v) is 6.00. The zero-order valence-corrected chi connectivity index (χ0v) is 10.9. The molecule has 0 aliphatic rings. The predicted octanol–water partition coefficient (Wildman–Crippen LogP) is 3.01. The molecule has 0 radical (unpaired) electrons. The first-order chi connectivity index (χ1) is 8.06. The lowest BCUT2D eigenvalue weighted by atomic mass is 10.1. The number of nitrogens with zero attached hydrogens (tertiary/aromatic N) is 1. The summed E-state index contributed by atoms with van der Waals surface area (Å²) < 4.78 is 13.6. The number of carbonyl (C=O) groups excluding carboxylic acids is 1. The topological polar surface area (TPSA) is 52.9 Å². The standard InChI is InChI=1S/C12H12BrFN2O/c1-2-11(3-4-15)16-12(17)8-5-9(13)7-10(14)6-8/h5-7,11H,2-3H2,1H3,(H,16,17). The Kier molecular flexibility index (Phi) is 5.11. The van der Waals surface area contributed by atoms with Gasteiger partial charge in [-0.25, -0.2) is 4.39 Å². The Morgan fingerprint density at radius 2 is 2.29 bits per heavy atom. The van der Waals surface area contributed by atoms with Crippen LogP contribution in [-0.4, -0.2) is 11.9 Å². The lowest BCUT2D eigenvalue weighted by Gasteiger charge is -2.13. The summed E-state index contributed by atoms with van der Waals surface area (Å²) in [5, 5.41) is 11.3. The third-order valence-corrected chi connectivity index (χ3v) is 2.75. The van der Waals surface area contributed by atoms with Crippen LogP contribution in [0.15, 0.2) is 22.7 Å². The first kappa shape index (κ1) is 13.7.